The van der Waals surface area contributed by atoms with Crippen LogP contribution in [0, 0.1) is 0 Å². The molecule has 6 heteroatoms. The number of hydrogen-bond donors (Lipinski definition) is 3. The van der Waals surface area contributed by atoms with Crippen LogP contribution in [0.3, 0.4) is 0 Å². The Kier molecular flexibility index (Phi) is 9.00. The van der Waals surface area contributed by atoms with Gasteiger partial charge in [0.25, 0.3) is 0 Å². The summed E-state index contributed by atoms with van der Waals surface area (Å²) < 4.78 is 10.8. The number of phenols is 1. The number of hydrogen-bond acceptors (Lipinski definition) is 4. The molecule has 0 bridgehead atoms. The van der Waals surface area contributed by atoms with Gasteiger partial charge in [0.15, 0.2) is 5.96 Å². The Balaban J connectivity index is 1.92. The normalized spacial score (nSPS) is 11.3. The highest BCUT2D eigenvalue weighted by Gasteiger charge is 2.02. The molecule has 0 heterocycles. The van der Waals surface area contributed by atoms with Gasteiger partial charge in [-0.25, -0.2) is 0 Å². The molecule has 0 unspecified atom stereocenters. The standard InChI is InChI=1S/C21H29N3O3/c1-3-22-21(23-12-11-17-7-4-9-19(25)15-17)24-18-8-5-10-20(16-18)27-14-6-13-26-2/h4-5,7-10,15-16,25H,3,6,11-14H2,1-2H3,(H2,22,23,24). The van der Waals surface area contributed by atoms with Crippen LogP contribution in [0.2, 0.25) is 0 Å². The van der Waals surface area contributed by atoms with E-state index in [1.807, 2.05) is 43.3 Å². The predicted molar refractivity (Wildman–Crippen MR) is 110 cm³/mol. The first-order valence-corrected chi connectivity index (χ1v) is 9.26. The Morgan fingerprint density at radius 1 is 1.11 bits per heavy atom. The molecule has 27 heavy (non-hydrogen) atoms. The van der Waals surface area contributed by atoms with Gasteiger partial charge >= 0.3 is 0 Å². The lowest BCUT2D eigenvalue weighted by Crippen LogP contribution is -2.30. The number of rotatable bonds is 10. The number of benzene rings is 2. The maximum absolute atomic E-state index is 9.54. The van der Waals surface area contributed by atoms with E-state index in [0.29, 0.717) is 25.7 Å². The molecule has 0 saturated heterocycles. The van der Waals surface area contributed by atoms with Crippen LogP contribution in [0.5, 0.6) is 11.5 Å². The van der Waals surface area contributed by atoms with Gasteiger partial charge in [-0.05, 0) is 43.2 Å². The smallest absolute Gasteiger partial charge is 0.195 e. The van der Waals surface area contributed by atoms with E-state index in [-0.39, 0.29) is 5.75 Å². The van der Waals surface area contributed by atoms with E-state index < -0.39 is 0 Å². The molecular formula is C21H29N3O3. The second-order valence-electron chi connectivity index (χ2n) is 6.03. The van der Waals surface area contributed by atoms with Crippen LogP contribution in [0.1, 0.15) is 18.9 Å². The van der Waals surface area contributed by atoms with Crippen LogP contribution in [-0.2, 0) is 11.2 Å². The van der Waals surface area contributed by atoms with Crippen LogP contribution in [0.25, 0.3) is 0 Å². The summed E-state index contributed by atoms with van der Waals surface area (Å²) in [6.07, 6.45) is 1.61. The monoisotopic (exact) mass is 371 g/mol. The molecule has 0 atom stereocenters. The van der Waals surface area contributed by atoms with Gasteiger partial charge in [0, 0.05) is 45.0 Å². The highest BCUT2D eigenvalue weighted by Crippen LogP contribution is 2.17. The van der Waals surface area contributed by atoms with E-state index in [1.54, 1.807) is 19.2 Å². The number of anilines is 1. The predicted octanol–water partition coefficient (Wildman–Crippen LogP) is 3.43. The van der Waals surface area contributed by atoms with Crippen LogP contribution >= 0.6 is 0 Å². The van der Waals surface area contributed by atoms with Crippen molar-refractivity contribution < 1.29 is 14.6 Å². The van der Waals surface area contributed by atoms with Crippen LogP contribution in [0.15, 0.2) is 53.5 Å². The Hall–Kier alpha value is -2.73. The number of phenolic OH excluding ortho intramolecular Hbond substituents is 1. The molecule has 0 aromatic heterocycles. The van der Waals surface area contributed by atoms with E-state index >= 15 is 0 Å². The molecule has 2 aromatic carbocycles. The zero-order valence-corrected chi connectivity index (χ0v) is 16.1. The molecule has 0 amide bonds. The van der Waals surface area contributed by atoms with Gasteiger partial charge in [0.2, 0.25) is 0 Å². The minimum Gasteiger partial charge on any atom is -0.508 e. The summed E-state index contributed by atoms with van der Waals surface area (Å²) in [5.41, 5.74) is 1.97. The van der Waals surface area contributed by atoms with E-state index in [1.165, 1.54) is 0 Å². The van der Waals surface area contributed by atoms with Crippen molar-refractivity contribution in [1.82, 2.24) is 5.32 Å². The van der Waals surface area contributed by atoms with Crippen molar-refractivity contribution in [2.24, 2.45) is 4.99 Å². The molecule has 0 radical (unpaired) electrons. The zero-order valence-electron chi connectivity index (χ0n) is 16.1. The Morgan fingerprint density at radius 3 is 2.74 bits per heavy atom. The molecule has 146 valence electrons. The largest absolute Gasteiger partial charge is 0.508 e. The highest BCUT2D eigenvalue weighted by molar-refractivity contribution is 5.93. The van der Waals surface area contributed by atoms with Gasteiger partial charge in [-0.2, -0.15) is 0 Å². The quantitative estimate of drug-likeness (QED) is 0.339. The lowest BCUT2D eigenvalue weighted by atomic mass is 10.1. The first kappa shape index (κ1) is 20.6. The van der Waals surface area contributed by atoms with Gasteiger partial charge in [-0.15, -0.1) is 0 Å². The van der Waals surface area contributed by atoms with Crippen LogP contribution in [0.4, 0.5) is 5.69 Å². The van der Waals surface area contributed by atoms with Gasteiger partial charge in [-0.1, -0.05) is 18.2 Å². The second kappa shape index (κ2) is 11.8. The molecular weight excluding hydrogens is 342 g/mol. The summed E-state index contributed by atoms with van der Waals surface area (Å²) in [7, 11) is 1.69. The number of aliphatic imine (C=N–C) groups is 1. The summed E-state index contributed by atoms with van der Waals surface area (Å²) in [6.45, 7) is 4.72. The first-order valence-electron chi connectivity index (χ1n) is 9.26. The maximum Gasteiger partial charge on any atom is 0.195 e. The maximum atomic E-state index is 9.54. The lowest BCUT2D eigenvalue weighted by molar-refractivity contribution is 0.172. The fourth-order valence-corrected chi connectivity index (χ4v) is 2.51. The van der Waals surface area contributed by atoms with E-state index in [0.717, 1.165) is 36.4 Å². The van der Waals surface area contributed by atoms with Crippen molar-refractivity contribution >= 4 is 11.6 Å². The summed E-state index contributed by atoms with van der Waals surface area (Å²) in [4.78, 5) is 4.61. The number of nitrogens with one attached hydrogen (secondary N) is 2. The fourth-order valence-electron chi connectivity index (χ4n) is 2.51. The van der Waals surface area contributed by atoms with Crippen molar-refractivity contribution in [1.29, 1.82) is 0 Å². The van der Waals surface area contributed by atoms with Crippen LogP contribution in [-0.4, -0.2) is 44.5 Å². The topological polar surface area (TPSA) is 75.1 Å². The molecule has 0 spiro atoms. The molecule has 0 aliphatic carbocycles. The Bertz CT molecular complexity index is 719. The number of nitrogens with zero attached hydrogens (tertiary/aromatic N) is 1. The van der Waals surface area contributed by atoms with Crippen molar-refractivity contribution in [2.75, 3.05) is 38.7 Å². The van der Waals surface area contributed by atoms with Gasteiger partial charge in [0.05, 0.1) is 6.61 Å². The molecule has 2 rings (SSSR count). The van der Waals surface area contributed by atoms with Crippen molar-refractivity contribution in [3.8, 4) is 11.5 Å². The third-order valence-electron chi connectivity index (χ3n) is 3.78. The van der Waals surface area contributed by atoms with E-state index in [9.17, 15) is 5.11 Å². The number of methoxy groups -OCH3 is 1. The van der Waals surface area contributed by atoms with Gasteiger partial charge < -0.3 is 25.2 Å². The summed E-state index contributed by atoms with van der Waals surface area (Å²) in [5.74, 6) is 1.81. The first-order chi connectivity index (χ1) is 13.2. The van der Waals surface area contributed by atoms with Crippen molar-refractivity contribution in [3.63, 3.8) is 0 Å². The minimum absolute atomic E-state index is 0.281. The molecule has 2 aromatic rings. The van der Waals surface area contributed by atoms with Crippen molar-refractivity contribution in [3.05, 3.63) is 54.1 Å². The van der Waals surface area contributed by atoms with Gasteiger partial charge in [0.1, 0.15) is 11.5 Å². The summed E-state index contributed by atoms with van der Waals surface area (Å²) in [6, 6.07) is 15.1. The third-order valence-corrected chi connectivity index (χ3v) is 3.78. The van der Waals surface area contributed by atoms with E-state index in [4.69, 9.17) is 9.47 Å². The molecule has 0 fully saturated rings. The molecule has 6 nitrogen and oxygen atoms in total. The van der Waals surface area contributed by atoms with Gasteiger partial charge in [-0.3, -0.25) is 4.99 Å². The van der Waals surface area contributed by atoms with E-state index in [2.05, 4.69) is 15.6 Å². The highest BCUT2D eigenvalue weighted by atomic mass is 16.5. The Labute approximate surface area is 161 Å². The Morgan fingerprint density at radius 2 is 1.96 bits per heavy atom. The zero-order chi connectivity index (χ0) is 19.3. The SMILES string of the molecule is CCNC(=NCCc1cccc(O)c1)Nc1cccc(OCCCOC)c1. The number of ether oxygens (including phenoxy) is 2. The average Bonchev–Trinajstić information content (AvgIpc) is 2.66. The number of guanidine groups is 1. The molecule has 0 saturated carbocycles. The average molecular weight is 371 g/mol. The fraction of sp³-hybridized carbons (Fsp3) is 0.381. The molecule has 0 aliphatic rings. The third kappa shape index (κ3) is 8.00. The summed E-state index contributed by atoms with van der Waals surface area (Å²) >= 11 is 0. The lowest BCUT2D eigenvalue weighted by Gasteiger charge is -2.13. The number of aromatic hydroxyl groups is 1. The second-order valence-corrected chi connectivity index (χ2v) is 6.03. The molecule has 3 N–H and O–H groups in total. The van der Waals surface area contributed by atoms with Crippen LogP contribution < -0.4 is 15.4 Å². The van der Waals surface area contributed by atoms with Crippen molar-refractivity contribution in [2.45, 2.75) is 19.8 Å². The summed E-state index contributed by atoms with van der Waals surface area (Å²) in [5, 5.41) is 16.1. The minimum atomic E-state index is 0.281. The molecule has 0 aliphatic heterocycles.